The van der Waals surface area contributed by atoms with Crippen molar-refractivity contribution in [3.63, 3.8) is 0 Å². The number of hydrogen-bond acceptors (Lipinski definition) is 9. The Labute approximate surface area is 279 Å². The third-order valence-corrected chi connectivity index (χ3v) is 9.49. The Morgan fingerprint density at radius 2 is 1.61 bits per heavy atom. The Morgan fingerprint density at radius 3 is 2.20 bits per heavy atom. The molecule has 0 bridgehead atoms. The molecule has 248 valence electrons. The molecule has 0 amide bonds. The first-order chi connectivity index (χ1) is 21.8. The van der Waals surface area contributed by atoms with Crippen LogP contribution in [0.15, 0.2) is 53.7 Å². The van der Waals surface area contributed by atoms with Gasteiger partial charge in [-0.25, -0.2) is 13.2 Å². The number of halogens is 4. The first-order valence-corrected chi connectivity index (χ1v) is 18.1. The molecule has 0 spiro atoms. The van der Waals surface area contributed by atoms with E-state index in [0.29, 0.717) is 57.1 Å². The van der Waals surface area contributed by atoms with Gasteiger partial charge in [-0.05, 0) is 79.1 Å². The van der Waals surface area contributed by atoms with Crippen molar-refractivity contribution in [2.45, 2.75) is 55.5 Å². The van der Waals surface area contributed by atoms with Gasteiger partial charge in [-0.15, -0.1) is 0 Å². The summed E-state index contributed by atoms with van der Waals surface area (Å²) in [7, 11) is -3.34. The van der Waals surface area contributed by atoms with E-state index in [9.17, 15) is 27.2 Å². The van der Waals surface area contributed by atoms with E-state index in [-0.39, 0.29) is 33.7 Å². The highest BCUT2D eigenvalue weighted by Gasteiger charge is 2.28. The van der Waals surface area contributed by atoms with Gasteiger partial charge < -0.3 is 18.9 Å². The number of ether oxygens (including phenoxy) is 4. The number of thioether (sulfide) groups is 1. The van der Waals surface area contributed by atoms with Crippen LogP contribution in [0.2, 0.25) is 10.0 Å². The van der Waals surface area contributed by atoms with Crippen LogP contribution in [0.25, 0.3) is 0 Å². The van der Waals surface area contributed by atoms with Crippen LogP contribution in [0.1, 0.15) is 48.5 Å². The maximum Gasteiger partial charge on any atom is 0.387 e. The molecule has 15 heteroatoms. The second-order valence-electron chi connectivity index (χ2n) is 11.4. The summed E-state index contributed by atoms with van der Waals surface area (Å²) in [5.41, 5.74) is 1.25. The highest BCUT2D eigenvalue weighted by molar-refractivity contribution is 8.13. The number of hydrogen-bond donors (Lipinski definition) is 1. The lowest BCUT2D eigenvalue weighted by atomic mass is 10.0. The molecule has 1 atom stereocenters. The molecule has 0 unspecified atom stereocenters. The van der Waals surface area contributed by atoms with E-state index in [2.05, 4.69) is 4.74 Å². The molecular weight excluding hydrogens is 687 g/mol. The molecule has 46 heavy (non-hydrogen) atoms. The van der Waals surface area contributed by atoms with Gasteiger partial charge in [0.1, 0.15) is 21.9 Å². The molecule has 2 aromatic carbocycles. The molecule has 3 aromatic rings. The van der Waals surface area contributed by atoms with Crippen LogP contribution in [-0.2, 0) is 26.7 Å². The molecule has 9 nitrogen and oxygen atoms in total. The smallest absolute Gasteiger partial charge is 0.387 e. The van der Waals surface area contributed by atoms with Crippen LogP contribution < -0.4 is 18.9 Å². The van der Waals surface area contributed by atoms with Gasteiger partial charge >= 0.3 is 11.9 Å². The number of pyridine rings is 1. The zero-order valence-electron chi connectivity index (χ0n) is 24.7. The third kappa shape index (κ3) is 10.2. The first-order valence-electron chi connectivity index (χ1n) is 14.4. The predicted molar refractivity (Wildman–Crippen MR) is 167 cm³/mol. The van der Waals surface area contributed by atoms with Crippen LogP contribution >= 0.6 is 35.0 Å². The van der Waals surface area contributed by atoms with Crippen molar-refractivity contribution in [2.24, 2.45) is 11.8 Å². The maximum atomic E-state index is 13.4. The molecule has 1 heterocycles. The zero-order chi connectivity index (χ0) is 33.0. The van der Waals surface area contributed by atoms with E-state index < -0.39 is 27.9 Å². The topological polar surface area (TPSA) is 112 Å². The number of nitrogens with zero attached hydrogens (tertiary/aromatic N) is 1. The van der Waals surface area contributed by atoms with Crippen molar-refractivity contribution >= 4 is 50.1 Å². The summed E-state index contributed by atoms with van der Waals surface area (Å²) in [5, 5.41) is 9.31. The number of sulfone groups is 1. The van der Waals surface area contributed by atoms with Gasteiger partial charge in [0.05, 0.1) is 19.0 Å². The highest BCUT2D eigenvalue weighted by atomic mass is 35.5. The van der Waals surface area contributed by atoms with Crippen LogP contribution in [0.5, 0.6) is 17.2 Å². The largest absolute Gasteiger partial charge is 0.493 e. The Balaban J connectivity index is 1.41. The summed E-state index contributed by atoms with van der Waals surface area (Å²) in [4.78, 5) is 13.8. The summed E-state index contributed by atoms with van der Waals surface area (Å²) in [6, 6.07) is 9.09. The molecule has 0 radical (unpaired) electrons. The molecule has 2 fully saturated rings. The fourth-order valence-corrected chi connectivity index (χ4v) is 6.60. The van der Waals surface area contributed by atoms with Crippen molar-refractivity contribution in [1.29, 1.82) is 0 Å². The predicted octanol–water partition coefficient (Wildman–Crippen LogP) is 7.45. The van der Waals surface area contributed by atoms with Crippen molar-refractivity contribution in [1.82, 2.24) is 0 Å². The average Bonchev–Trinajstić information content (AvgIpc) is 3.88. The van der Waals surface area contributed by atoms with E-state index in [4.69, 9.17) is 37.4 Å². The lowest BCUT2D eigenvalue weighted by molar-refractivity contribution is -0.904. The summed E-state index contributed by atoms with van der Waals surface area (Å²) < 4.78 is 73.3. The number of rotatable bonds is 15. The second-order valence-corrected chi connectivity index (χ2v) is 15.4. The molecule has 2 aliphatic carbocycles. The van der Waals surface area contributed by atoms with E-state index in [0.717, 1.165) is 43.7 Å². The van der Waals surface area contributed by atoms with Crippen LogP contribution in [-0.4, -0.2) is 45.0 Å². The van der Waals surface area contributed by atoms with E-state index in [1.807, 2.05) is 0 Å². The van der Waals surface area contributed by atoms with Gasteiger partial charge in [0.15, 0.2) is 21.3 Å². The van der Waals surface area contributed by atoms with Gasteiger partial charge in [0.25, 0.3) is 0 Å². The Bertz CT molecular complexity index is 1660. The Morgan fingerprint density at radius 1 is 0.978 bits per heavy atom. The quantitative estimate of drug-likeness (QED) is 0.0741. The zero-order valence-corrected chi connectivity index (χ0v) is 27.8. The number of aromatic nitrogens is 1. The standard InChI is InChI=1S/C31H32Cl2F2NO8S2/c1-46(39,40)17-21-6-8-22(11-27(21)41-15-18-2-3-18)45-31(37)44-28(12-23-24(32)13-36(38)14-25(23)33)20-7-9-26(43-30(34)35)29(10-20)42-16-19-4-5-19/h6-11,13-14,18-19,28,30,38H,2-5,12,15-17H2,1H3/q+1/t28-/m0/s1. The molecule has 0 aliphatic heterocycles. The molecule has 0 saturated heterocycles. The summed E-state index contributed by atoms with van der Waals surface area (Å²) in [5.74, 6) is 0.800. The first kappa shape index (κ1) is 34.3. The summed E-state index contributed by atoms with van der Waals surface area (Å²) >= 11 is 13.5. The van der Waals surface area contributed by atoms with Gasteiger partial charge in [0, 0.05) is 33.4 Å². The van der Waals surface area contributed by atoms with Gasteiger partial charge in [-0.1, -0.05) is 35.3 Å². The van der Waals surface area contributed by atoms with Crippen LogP contribution in [0.4, 0.5) is 13.6 Å². The highest BCUT2D eigenvalue weighted by Crippen LogP contribution is 2.39. The monoisotopic (exact) mass is 718 g/mol. The number of carbonyl (C=O) groups excluding carboxylic acids is 1. The minimum absolute atomic E-state index is 0.0367. The normalized spacial score (nSPS) is 15.4. The van der Waals surface area contributed by atoms with Crippen LogP contribution in [0, 0.1) is 11.8 Å². The second kappa shape index (κ2) is 14.8. The Kier molecular flexibility index (Phi) is 11.1. The number of benzene rings is 2. The molecule has 2 saturated carbocycles. The van der Waals surface area contributed by atoms with Crippen molar-refractivity contribution < 1.29 is 50.9 Å². The molecule has 1 N–H and O–H groups in total. The SMILES string of the molecule is CS(=O)(=O)Cc1ccc(SC(=O)O[C@@H](Cc2c(Cl)c[n+](O)cc2Cl)c2ccc(OC(F)F)c(OCC3CC3)c2)cc1OCC1CC1. The average molecular weight is 720 g/mol. The fourth-order valence-electron chi connectivity index (χ4n) is 4.53. The van der Waals surface area contributed by atoms with Gasteiger partial charge in [-0.3, -0.25) is 5.21 Å². The van der Waals surface area contributed by atoms with Crippen molar-refractivity contribution in [3.05, 3.63) is 75.5 Å². The van der Waals surface area contributed by atoms with E-state index >= 15 is 0 Å². The lowest BCUT2D eigenvalue weighted by Gasteiger charge is -2.21. The van der Waals surface area contributed by atoms with Crippen LogP contribution in [0.3, 0.4) is 0 Å². The molecule has 5 rings (SSSR count). The molecular formula is C31H32Cl2F2NO8S2+. The van der Waals surface area contributed by atoms with Gasteiger partial charge in [0.2, 0.25) is 12.4 Å². The van der Waals surface area contributed by atoms with E-state index in [1.165, 1.54) is 30.6 Å². The third-order valence-electron chi connectivity index (χ3n) is 7.25. The minimum atomic E-state index is -3.34. The van der Waals surface area contributed by atoms with Crippen molar-refractivity contribution in [3.8, 4) is 17.2 Å². The minimum Gasteiger partial charge on any atom is -0.493 e. The summed E-state index contributed by atoms with van der Waals surface area (Å²) in [6.45, 7) is -2.31. The lowest BCUT2D eigenvalue weighted by Crippen LogP contribution is -2.29. The van der Waals surface area contributed by atoms with Gasteiger partial charge in [-0.2, -0.15) is 8.78 Å². The molecule has 2 aliphatic rings. The van der Waals surface area contributed by atoms with Crippen molar-refractivity contribution in [2.75, 3.05) is 19.5 Å². The number of alkyl halides is 2. The Hall–Kier alpha value is -3.00. The number of carbonyl (C=O) groups is 1. The fraction of sp³-hybridized carbons (Fsp3) is 0.419. The molecule has 1 aromatic heterocycles. The summed E-state index contributed by atoms with van der Waals surface area (Å²) in [6.07, 6.45) is 6.55. The van der Waals surface area contributed by atoms with E-state index in [1.54, 1.807) is 18.2 Å². The maximum absolute atomic E-state index is 13.4.